The molecule has 27 nitrogen and oxygen atoms in total. The van der Waals surface area contributed by atoms with E-state index in [1.54, 1.807) is 14.9 Å². The van der Waals surface area contributed by atoms with E-state index in [0.29, 0.717) is 64.5 Å². The summed E-state index contributed by atoms with van der Waals surface area (Å²) in [6.07, 6.45) is 19.8. The van der Waals surface area contributed by atoms with Gasteiger partial charge in [-0.25, -0.2) is 4.79 Å². The molecule has 9 amide bonds. The normalized spacial score (nSPS) is 12.4. The highest BCUT2D eigenvalue weighted by atomic mass is 16.5. The highest BCUT2D eigenvalue weighted by Gasteiger charge is 2.23. The second-order valence-electron chi connectivity index (χ2n) is 21.3. The largest absolute Gasteiger partial charge is 0.481 e. The van der Waals surface area contributed by atoms with Crippen LogP contribution in [0.3, 0.4) is 0 Å². The lowest BCUT2D eigenvalue weighted by atomic mass is 10.0. The predicted octanol–water partition coefficient (Wildman–Crippen LogP) is 1.21. The van der Waals surface area contributed by atoms with E-state index in [1.807, 2.05) is 6.92 Å². The van der Waals surface area contributed by atoms with E-state index in [9.17, 15) is 57.8 Å². The zero-order chi connectivity index (χ0) is 63.8. The van der Waals surface area contributed by atoms with Gasteiger partial charge in [0.2, 0.25) is 53.2 Å². The fourth-order valence-corrected chi connectivity index (χ4v) is 8.62. The maximum Gasteiger partial charge on any atom is 0.326 e. The van der Waals surface area contributed by atoms with Crippen molar-refractivity contribution in [3.8, 4) is 0 Å². The van der Waals surface area contributed by atoms with Gasteiger partial charge in [-0.2, -0.15) is 0 Å². The zero-order valence-electron chi connectivity index (χ0n) is 51.9. The van der Waals surface area contributed by atoms with Gasteiger partial charge in [0.1, 0.15) is 25.3 Å². The molecule has 0 aromatic carbocycles. The number of nitrogens with one attached hydrogen (secondary N) is 9. The van der Waals surface area contributed by atoms with Crippen LogP contribution in [0.15, 0.2) is 0 Å². The molecule has 0 aromatic rings. The van der Waals surface area contributed by atoms with Gasteiger partial charge in [0.05, 0.1) is 45.7 Å². The highest BCUT2D eigenvalue weighted by Crippen LogP contribution is 2.14. The van der Waals surface area contributed by atoms with Crippen molar-refractivity contribution < 1.29 is 81.9 Å². The summed E-state index contributed by atoms with van der Waals surface area (Å²) < 4.78 is 21.4. The quantitative estimate of drug-likeness (QED) is 0.0301. The summed E-state index contributed by atoms with van der Waals surface area (Å²) in [7, 11) is 1.66. The molecule has 0 radical (unpaired) electrons. The third kappa shape index (κ3) is 51.3. The molecule has 494 valence electrons. The molecule has 0 fully saturated rings. The Balaban J connectivity index is 3.77. The number of hydrogen-bond donors (Lipinski definition) is 12. The Morgan fingerprint density at radius 3 is 1.28 bits per heavy atom. The highest BCUT2D eigenvalue weighted by molar-refractivity contribution is 6.07. The first-order chi connectivity index (χ1) is 41.4. The van der Waals surface area contributed by atoms with Crippen LogP contribution in [0, 0.1) is 0 Å². The third-order valence-electron chi connectivity index (χ3n) is 13.7. The molecule has 0 aliphatic heterocycles. The lowest BCUT2D eigenvalue weighted by Gasteiger charge is -2.20. The van der Waals surface area contributed by atoms with Gasteiger partial charge in [-0.3, -0.25) is 47.9 Å². The minimum atomic E-state index is -1.26. The Hall–Kier alpha value is -5.97. The van der Waals surface area contributed by atoms with Gasteiger partial charge in [0, 0.05) is 77.3 Å². The number of primary amides is 1. The van der Waals surface area contributed by atoms with Crippen molar-refractivity contribution >= 4 is 73.1 Å². The van der Waals surface area contributed by atoms with E-state index in [4.69, 9.17) is 29.8 Å². The van der Waals surface area contributed by atoms with E-state index in [1.165, 1.54) is 44.9 Å². The van der Waals surface area contributed by atoms with Gasteiger partial charge in [-0.05, 0) is 71.1 Å². The van der Waals surface area contributed by atoms with Crippen molar-refractivity contribution in [3.05, 3.63) is 0 Å². The number of rotatable bonds is 60. The van der Waals surface area contributed by atoms with Crippen molar-refractivity contribution in [3.63, 3.8) is 0 Å². The molecule has 0 aromatic heterocycles. The molecular formula is C58H107BN10O17. The van der Waals surface area contributed by atoms with Crippen LogP contribution in [0.25, 0.3) is 0 Å². The van der Waals surface area contributed by atoms with Crippen molar-refractivity contribution in [1.82, 2.24) is 47.8 Å². The Kier molecular flexibility index (Phi) is 51.7. The van der Waals surface area contributed by atoms with Crippen LogP contribution >= 0.6 is 0 Å². The summed E-state index contributed by atoms with van der Waals surface area (Å²) in [5.74, 6) is -4.87. The predicted molar refractivity (Wildman–Crippen MR) is 325 cm³/mol. The minimum absolute atomic E-state index is 0.0266. The van der Waals surface area contributed by atoms with Crippen molar-refractivity contribution in [2.75, 3.05) is 85.6 Å². The first-order valence-electron chi connectivity index (χ1n) is 31.3. The summed E-state index contributed by atoms with van der Waals surface area (Å²) in [4.78, 5) is 132. The molecule has 86 heavy (non-hydrogen) atoms. The van der Waals surface area contributed by atoms with Crippen molar-refractivity contribution in [1.29, 1.82) is 0 Å². The van der Waals surface area contributed by atoms with Crippen LogP contribution in [0.5, 0.6) is 0 Å². The number of carboxylic acids is 2. The maximum absolute atomic E-state index is 12.4. The number of nitrogens with two attached hydrogens (primary N) is 1. The minimum Gasteiger partial charge on any atom is -0.481 e. The van der Waals surface area contributed by atoms with E-state index in [-0.39, 0.29) is 152 Å². The number of carbonyl (C=O) groups is 11. The standard InChI is InChI=1S/C58H107BN10O17/c1-3-45(56(60)79)68-57(80)46(69-59)22-18-19-31-61-49(71)29-27-44(2)66-51(73)24-20-33-63-53(75)42-85-40-39-84-37-35-65-54(76)43-86-41-38-83-36-34-64-50(72)30-28-47(58(81)82)67-52(74)25-21-32-62-48(70)23-16-14-12-10-8-6-4-5-7-9-11-13-15-17-26-55(77)78/h44-47,69H,3-43,59H2,1-2H3,(H2,60,79)(H,61,71)(H,62,70)(H,63,75)(H,64,72)(H,65,76)(H,66,73)(H,67,74)(H,68,80)(H,77,78)(H,81,82)/t44-,45+,46+,47+/m1/s1. The Morgan fingerprint density at radius 2 is 0.802 bits per heavy atom. The maximum atomic E-state index is 12.4. The van der Waals surface area contributed by atoms with Crippen LogP contribution in [0.1, 0.15) is 194 Å². The third-order valence-corrected chi connectivity index (χ3v) is 13.7. The monoisotopic (exact) mass is 1230 g/mol. The van der Waals surface area contributed by atoms with Crippen LogP contribution in [-0.4, -0.2) is 193 Å². The van der Waals surface area contributed by atoms with Crippen molar-refractivity contribution in [2.24, 2.45) is 5.73 Å². The van der Waals surface area contributed by atoms with Crippen LogP contribution in [0.4, 0.5) is 0 Å². The van der Waals surface area contributed by atoms with Crippen LogP contribution in [-0.2, 0) is 71.7 Å². The average molecular weight is 1230 g/mol. The summed E-state index contributed by atoms with van der Waals surface area (Å²) in [5, 5.41) is 42.7. The van der Waals surface area contributed by atoms with Gasteiger partial charge in [-0.15, -0.1) is 0 Å². The molecule has 0 saturated heterocycles. The van der Waals surface area contributed by atoms with Gasteiger partial charge < -0.3 is 82.7 Å². The van der Waals surface area contributed by atoms with E-state index >= 15 is 0 Å². The zero-order valence-corrected chi connectivity index (χ0v) is 51.9. The molecule has 0 aliphatic rings. The first kappa shape index (κ1) is 80.0. The number of unbranched alkanes of at least 4 members (excludes halogenated alkanes) is 14. The van der Waals surface area contributed by atoms with E-state index < -0.39 is 47.8 Å². The molecule has 0 spiro atoms. The molecule has 13 N–H and O–H groups in total. The number of ether oxygens (including phenoxy) is 4. The van der Waals surface area contributed by atoms with Gasteiger partial charge in [0.25, 0.3) is 0 Å². The fraction of sp³-hybridized carbons (Fsp3) is 0.810. The molecule has 0 heterocycles. The summed E-state index contributed by atoms with van der Waals surface area (Å²) in [6.45, 7) is 5.54. The van der Waals surface area contributed by atoms with Crippen LogP contribution in [0.2, 0.25) is 0 Å². The summed E-state index contributed by atoms with van der Waals surface area (Å²) >= 11 is 0. The lowest BCUT2D eigenvalue weighted by Crippen LogP contribution is -2.51. The molecule has 0 unspecified atom stereocenters. The Bertz CT molecular complexity index is 1930. The second kappa shape index (κ2) is 55.6. The van der Waals surface area contributed by atoms with Gasteiger partial charge >= 0.3 is 11.9 Å². The molecule has 0 aliphatic carbocycles. The molecule has 4 atom stereocenters. The van der Waals surface area contributed by atoms with Crippen LogP contribution < -0.4 is 53.5 Å². The summed E-state index contributed by atoms with van der Waals surface area (Å²) in [5.41, 5.74) is 5.31. The van der Waals surface area contributed by atoms with Crippen molar-refractivity contribution in [2.45, 2.75) is 218 Å². The first-order valence-corrected chi connectivity index (χ1v) is 31.3. The second-order valence-corrected chi connectivity index (χ2v) is 21.3. The lowest BCUT2D eigenvalue weighted by molar-refractivity contribution is -0.142. The Labute approximate surface area is 510 Å². The molecular weight excluding hydrogens is 1120 g/mol. The topological polar surface area (TPSA) is 399 Å². The van der Waals surface area contributed by atoms with E-state index in [0.717, 1.165) is 44.9 Å². The van der Waals surface area contributed by atoms with Gasteiger partial charge in [0.15, 0.2) is 7.98 Å². The van der Waals surface area contributed by atoms with E-state index in [2.05, 4.69) is 47.8 Å². The Morgan fingerprint density at radius 1 is 0.395 bits per heavy atom. The smallest absolute Gasteiger partial charge is 0.326 e. The number of aliphatic carboxylic acids is 2. The number of carbonyl (C=O) groups excluding carboxylic acids is 9. The number of carboxylic acid groups (broad SMARTS) is 2. The molecule has 0 rings (SSSR count). The SMILES string of the molecule is BN[C@@H](CCCCNC(=O)CC[C@@H](C)NC(=O)CCCNC(=O)COCCOCCNC(=O)COCCOCCNC(=O)CC[C@H](NC(=O)CCCNC(=O)CCCCCCCCCCCCCCCCC(=O)O)C(=O)O)C(=O)N[C@@H](CC)C(N)=O. The number of hydrogen-bond acceptors (Lipinski definition) is 16. The molecule has 0 bridgehead atoms. The van der Waals surface area contributed by atoms with Gasteiger partial charge in [-0.1, -0.05) is 84.0 Å². The molecule has 0 saturated carbocycles. The fourth-order valence-electron chi connectivity index (χ4n) is 8.62. The molecule has 28 heteroatoms. The average Bonchev–Trinajstić information content (AvgIpc) is 3.49. The summed E-state index contributed by atoms with van der Waals surface area (Å²) in [6, 6.07) is -2.68. The number of amides is 9.